The number of thioether (sulfide) groups is 1. The molecule has 2 aromatic heterocycles. The van der Waals surface area contributed by atoms with Gasteiger partial charge in [-0.3, -0.25) is 9.69 Å². The van der Waals surface area contributed by atoms with Crippen LogP contribution >= 0.6 is 34.7 Å². The molecule has 1 aliphatic rings. The van der Waals surface area contributed by atoms with E-state index in [1.54, 1.807) is 16.7 Å². The Balaban J connectivity index is 1.54. The Kier molecular flexibility index (Phi) is 5.68. The van der Waals surface area contributed by atoms with Gasteiger partial charge in [0.05, 0.1) is 16.4 Å². The van der Waals surface area contributed by atoms with Crippen LogP contribution in [0.25, 0.3) is 0 Å². The van der Waals surface area contributed by atoms with Gasteiger partial charge in [0.15, 0.2) is 10.3 Å². The summed E-state index contributed by atoms with van der Waals surface area (Å²) < 4.78 is 2.08. The quantitative estimate of drug-likeness (QED) is 0.473. The van der Waals surface area contributed by atoms with Gasteiger partial charge in [-0.1, -0.05) is 29.4 Å². The summed E-state index contributed by atoms with van der Waals surface area (Å²) in [6, 6.07) is 3.89. The minimum Gasteiger partial charge on any atom is -0.309 e. The third-order valence-electron chi connectivity index (χ3n) is 4.83. The second kappa shape index (κ2) is 8.08. The van der Waals surface area contributed by atoms with E-state index < -0.39 is 0 Å². The molecule has 1 fully saturated rings. The van der Waals surface area contributed by atoms with Crippen LogP contribution in [0, 0.1) is 13.8 Å². The standard InChI is InChI=1S/C20H22ClN5OS2/c1-11-7-12(2)17(16(21)8-11)26(13(3)27)19-22-15(9-28-19)10-29-20-24-23-18(25(20)4)14-5-6-14/h7-9,14H,5-6,10H2,1-4H3. The molecule has 0 spiro atoms. The Morgan fingerprint density at radius 1 is 1.34 bits per heavy atom. The number of carbonyl (C=O) groups is 1. The molecule has 0 radical (unpaired) electrons. The monoisotopic (exact) mass is 447 g/mol. The number of hydrogen-bond donors (Lipinski definition) is 0. The highest BCUT2D eigenvalue weighted by Gasteiger charge is 2.29. The number of amides is 1. The Morgan fingerprint density at radius 2 is 2.10 bits per heavy atom. The molecular formula is C20H22ClN5OS2. The molecule has 1 aromatic carbocycles. The summed E-state index contributed by atoms with van der Waals surface area (Å²) in [7, 11) is 2.02. The van der Waals surface area contributed by atoms with Crippen LogP contribution in [0.2, 0.25) is 5.02 Å². The summed E-state index contributed by atoms with van der Waals surface area (Å²) in [6.07, 6.45) is 2.40. The van der Waals surface area contributed by atoms with E-state index in [0.717, 1.165) is 27.8 Å². The molecule has 0 bridgehead atoms. The van der Waals surface area contributed by atoms with E-state index >= 15 is 0 Å². The van der Waals surface area contributed by atoms with Gasteiger partial charge in [-0.25, -0.2) is 4.98 Å². The highest BCUT2D eigenvalue weighted by molar-refractivity contribution is 7.98. The molecule has 0 saturated heterocycles. The SMILES string of the molecule is CC(=O)N(c1nc(CSc2nnc(C3CC3)n2C)cs1)c1c(C)cc(C)cc1Cl. The number of aryl methyl sites for hydroxylation is 2. The first-order valence-electron chi connectivity index (χ1n) is 9.39. The van der Waals surface area contributed by atoms with E-state index in [1.807, 2.05) is 38.4 Å². The first-order valence-corrected chi connectivity index (χ1v) is 11.6. The van der Waals surface area contributed by atoms with Gasteiger partial charge in [-0.15, -0.1) is 21.5 Å². The topological polar surface area (TPSA) is 63.9 Å². The maximum Gasteiger partial charge on any atom is 0.230 e. The third kappa shape index (κ3) is 4.20. The molecule has 2 heterocycles. The molecule has 0 aliphatic heterocycles. The summed E-state index contributed by atoms with van der Waals surface area (Å²) in [4.78, 5) is 18.7. The molecule has 1 aliphatic carbocycles. The second-order valence-corrected chi connectivity index (χ2v) is 9.54. The fraction of sp³-hybridized carbons (Fsp3) is 0.400. The molecule has 3 aromatic rings. The second-order valence-electron chi connectivity index (χ2n) is 7.35. The van der Waals surface area contributed by atoms with Crippen molar-refractivity contribution in [3.05, 3.63) is 45.2 Å². The number of hydrogen-bond acceptors (Lipinski definition) is 6. The predicted octanol–water partition coefficient (Wildman–Crippen LogP) is 5.40. The van der Waals surface area contributed by atoms with Crippen molar-refractivity contribution in [1.29, 1.82) is 0 Å². The number of nitrogens with zero attached hydrogens (tertiary/aromatic N) is 5. The summed E-state index contributed by atoms with van der Waals surface area (Å²) in [5, 5.41) is 12.7. The zero-order valence-electron chi connectivity index (χ0n) is 16.8. The molecule has 9 heteroatoms. The predicted molar refractivity (Wildman–Crippen MR) is 118 cm³/mol. The third-order valence-corrected chi connectivity index (χ3v) is 7.04. The van der Waals surface area contributed by atoms with Crippen LogP contribution in [0.5, 0.6) is 0 Å². The molecule has 29 heavy (non-hydrogen) atoms. The smallest absolute Gasteiger partial charge is 0.230 e. The fourth-order valence-electron chi connectivity index (χ4n) is 3.33. The first-order chi connectivity index (χ1) is 13.8. The number of rotatable bonds is 6. The van der Waals surface area contributed by atoms with Crippen LogP contribution in [-0.2, 0) is 17.6 Å². The van der Waals surface area contributed by atoms with Gasteiger partial charge in [0.25, 0.3) is 0 Å². The van der Waals surface area contributed by atoms with E-state index in [2.05, 4.69) is 14.8 Å². The Morgan fingerprint density at radius 3 is 2.76 bits per heavy atom. The number of aromatic nitrogens is 4. The van der Waals surface area contributed by atoms with Crippen LogP contribution in [0.15, 0.2) is 22.7 Å². The van der Waals surface area contributed by atoms with Gasteiger partial charge in [0, 0.05) is 31.0 Å². The van der Waals surface area contributed by atoms with E-state index in [9.17, 15) is 4.79 Å². The van der Waals surface area contributed by atoms with Gasteiger partial charge in [-0.05, 0) is 43.9 Å². The Labute approximate surface area is 183 Å². The van der Waals surface area contributed by atoms with Gasteiger partial charge in [0.2, 0.25) is 5.91 Å². The summed E-state index contributed by atoms with van der Waals surface area (Å²) >= 11 is 9.53. The zero-order valence-corrected chi connectivity index (χ0v) is 19.2. The van der Waals surface area contributed by atoms with E-state index in [0.29, 0.717) is 27.5 Å². The average molecular weight is 448 g/mol. The maximum atomic E-state index is 12.4. The highest BCUT2D eigenvalue weighted by atomic mass is 35.5. The Hall–Kier alpha value is -1.90. The van der Waals surface area contributed by atoms with Crippen LogP contribution in [0.4, 0.5) is 10.8 Å². The van der Waals surface area contributed by atoms with Crippen LogP contribution < -0.4 is 4.90 Å². The molecule has 0 atom stereocenters. The lowest BCUT2D eigenvalue weighted by atomic mass is 10.1. The molecule has 1 saturated carbocycles. The minimum atomic E-state index is -0.116. The van der Waals surface area contributed by atoms with Crippen molar-refractivity contribution in [3.63, 3.8) is 0 Å². The van der Waals surface area contributed by atoms with Crippen molar-refractivity contribution < 1.29 is 4.79 Å². The van der Waals surface area contributed by atoms with E-state index in [1.165, 1.54) is 31.1 Å². The zero-order chi connectivity index (χ0) is 20.7. The lowest BCUT2D eigenvalue weighted by Gasteiger charge is -2.22. The average Bonchev–Trinajstić information content (AvgIpc) is 3.27. The molecule has 152 valence electrons. The lowest BCUT2D eigenvalue weighted by molar-refractivity contribution is -0.115. The van der Waals surface area contributed by atoms with Crippen molar-refractivity contribution in [2.24, 2.45) is 7.05 Å². The molecule has 6 nitrogen and oxygen atoms in total. The van der Waals surface area contributed by atoms with E-state index in [4.69, 9.17) is 16.6 Å². The molecular weight excluding hydrogens is 426 g/mol. The van der Waals surface area contributed by atoms with Crippen LogP contribution in [0.3, 0.4) is 0 Å². The summed E-state index contributed by atoms with van der Waals surface area (Å²) in [5.74, 6) is 2.19. The highest BCUT2D eigenvalue weighted by Crippen LogP contribution is 2.40. The van der Waals surface area contributed by atoms with Crippen molar-refractivity contribution in [3.8, 4) is 0 Å². The van der Waals surface area contributed by atoms with Gasteiger partial charge in [0.1, 0.15) is 5.82 Å². The molecule has 4 rings (SSSR count). The van der Waals surface area contributed by atoms with Gasteiger partial charge in [-0.2, -0.15) is 0 Å². The van der Waals surface area contributed by atoms with Crippen LogP contribution in [-0.4, -0.2) is 25.7 Å². The number of anilines is 2. The van der Waals surface area contributed by atoms with Crippen LogP contribution in [0.1, 0.15) is 48.3 Å². The van der Waals surface area contributed by atoms with Crippen molar-refractivity contribution in [2.45, 2.75) is 50.4 Å². The number of halogens is 1. The number of thiazole rings is 1. The molecule has 0 N–H and O–H groups in total. The van der Waals surface area contributed by atoms with Gasteiger partial charge >= 0.3 is 0 Å². The normalized spacial score (nSPS) is 13.7. The minimum absolute atomic E-state index is 0.116. The first kappa shape index (κ1) is 20.4. The van der Waals surface area contributed by atoms with E-state index in [-0.39, 0.29) is 5.91 Å². The van der Waals surface area contributed by atoms with Crippen molar-refractivity contribution in [2.75, 3.05) is 4.90 Å². The largest absolute Gasteiger partial charge is 0.309 e. The van der Waals surface area contributed by atoms with Gasteiger partial charge < -0.3 is 4.57 Å². The summed E-state index contributed by atoms with van der Waals surface area (Å²) in [5.41, 5.74) is 3.60. The fourth-order valence-corrected chi connectivity index (χ4v) is 5.53. The molecule has 0 unspecified atom stereocenters. The summed E-state index contributed by atoms with van der Waals surface area (Å²) in [6.45, 7) is 5.48. The lowest BCUT2D eigenvalue weighted by Crippen LogP contribution is -2.24. The van der Waals surface area contributed by atoms with Crippen molar-refractivity contribution in [1.82, 2.24) is 19.7 Å². The van der Waals surface area contributed by atoms with Crippen molar-refractivity contribution >= 4 is 51.4 Å². The Bertz CT molecular complexity index is 1050. The number of carbonyl (C=O) groups excluding carboxylic acids is 1. The maximum absolute atomic E-state index is 12.4. The number of benzene rings is 1. The molecule has 1 amide bonds.